The zero-order chi connectivity index (χ0) is 29.7. The third kappa shape index (κ3) is 8.93. The minimum atomic E-state index is -0.799. The van der Waals surface area contributed by atoms with Gasteiger partial charge in [0.2, 0.25) is 17.8 Å². The van der Waals surface area contributed by atoms with Gasteiger partial charge in [-0.3, -0.25) is 30.1 Å². The summed E-state index contributed by atoms with van der Waals surface area (Å²) in [4.78, 5) is 56.2. The van der Waals surface area contributed by atoms with Crippen LogP contribution in [0.3, 0.4) is 0 Å². The number of guanidine groups is 1. The third-order valence-electron chi connectivity index (χ3n) is 6.30. The van der Waals surface area contributed by atoms with Crippen LogP contribution in [0.25, 0.3) is 0 Å². The summed E-state index contributed by atoms with van der Waals surface area (Å²) in [6, 6.07) is 27.9. The van der Waals surface area contributed by atoms with Crippen LogP contribution < -0.4 is 10.6 Å². The van der Waals surface area contributed by atoms with E-state index in [2.05, 4.69) is 15.6 Å². The summed E-state index contributed by atoms with van der Waals surface area (Å²) >= 11 is 1.47. The maximum absolute atomic E-state index is 12.7. The highest BCUT2D eigenvalue weighted by molar-refractivity contribution is 8.00. The van der Waals surface area contributed by atoms with Gasteiger partial charge in [-0.15, -0.1) is 0 Å². The molecule has 2 N–H and O–H groups in total. The van der Waals surface area contributed by atoms with E-state index < -0.39 is 12.2 Å². The third-order valence-corrected chi connectivity index (χ3v) is 7.63. The molecule has 1 saturated heterocycles. The highest BCUT2D eigenvalue weighted by Gasteiger charge is 2.49. The second-order valence-corrected chi connectivity index (χ2v) is 10.6. The van der Waals surface area contributed by atoms with Crippen LogP contribution in [0.4, 0.5) is 9.59 Å². The van der Waals surface area contributed by atoms with E-state index >= 15 is 0 Å². The van der Waals surface area contributed by atoms with E-state index in [0.717, 1.165) is 16.0 Å². The Morgan fingerprint density at radius 2 is 1.31 bits per heavy atom. The first-order chi connectivity index (χ1) is 20.4. The zero-order valence-corrected chi connectivity index (χ0v) is 23.9. The standard InChI is InChI=1S/C31H32N4O6S/c1-22(36)35-27(37)26(28(35)42-25-16-9-4-10-17-25)18-11-19-32-29(33-30(38)40-20-23-12-5-2-6-13-23)34-31(39)41-21-24-14-7-3-8-15-24/h2-10,12-17,26,28H,11,18-21H2,1H3,(H2,32,33,34,38,39). The Morgan fingerprint density at radius 1 is 0.810 bits per heavy atom. The molecular formula is C31H32N4O6S. The van der Waals surface area contributed by atoms with Crippen molar-refractivity contribution in [3.05, 3.63) is 102 Å². The number of carbonyl (C=O) groups excluding carboxylic acids is 4. The molecule has 4 rings (SSSR count). The number of ether oxygens (including phenoxy) is 2. The Bertz CT molecular complexity index is 1330. The van der Waals surface area contributed by atoms with Crippen molar-refractivity contribution in [1.82, 2.24) is 15.5 Å². The Balaban J connectivity index is 1.34. The van der Waals surface area contributed by atoms with Crippen LogP contribution >= 0.6 is 11.8 Å². The van der Waals surface area contributed by atoms with Gasteiger partial charge in [0.1, 0.15) is 18.6 Å². The fourth-order valence-electron chi connectivity index (χ4n) is 4.22. The molecule has 0 bridgehead atoms. The molecule has 10 nitrogen and oxygen atoms in total. The lowest BCUT2D eigenvalue weighted by Gasteiger charge is -2.44. The number of carbonyl (C=O) groups is 4. The van der Waals surface area contributed by atoms with E-state index in [1.807, 2.05) is 91.0 Å². The molecule has 11 heteroatoms. The molecule has 0 aromatic heterocycles. The van der Waals surface area contributed by atoms with E-state index in [-0.39, 0.29) is 48.8 Å². The summed E-state index contributed by atoms with van der Waals surface area (Å²) in [5, 5.41) is 4.61. The van der Waals surface area contributed by atoms with Gasteiger partial charge in [-0.25, -0.2) is 9.59 Å². The number of thioether (sulfide) groups is 1. The number of amides is 4. The number of β-lactam (4-membered cyclic amide) rings is 1. The molecule has 0 saturated carbocycles. The lowest BCUT2D eigenvalue weighted by atomic mass is 9.93. The predicted molar refractivity (Wildman–Crippen MR) is 158 cm³/mol. The normalized spacial score (nSPS) is 15.6. The highest BCUT2D eigenvalue weighted by atomic mass is 32.2. The maximum Gasteiger partial charge on any atom is 0.414 e. The lowest BCUT2D eigenvalue weighted by molar-refractivity contribution is -0.160. The summed E-state index contributed by atoms with van der Waals surface area (Å²) < 4.78 is 10.5. The van der Waals surface area contributed by atoms with Gasteiger partial charge in [-0.05, 0) is 36.1 Å². The SMILES string of the molecule is CC(=O)N1C(=O)C(CCCN=C(NC(=O)OCc2ccccc2)NC(=O)OCc2ccccc2)C1Sc1ccccc1. The van der Waals surface area contributed by atoms with Gasteiger partial charge >= 0.3 is 12.2 Å². The van der Waals surface area contributed by atoms with Crippen molar-refractivity contribution in [3.8, 4) is 0 Å². The highest BCUT2D eigenvalue weighted by Crippen LogP contribution is 2.41. The molecule has 0 aliphatic carbocycles. The van der Waals surface area contributed by atoms with E-state index in [0.29, 0.717) is 12.8 Å². The second-order valence-electron chi connectivity index (χ2n) is 9.40. The molecule has 4 amide bonds. The monoisotopic (exact) mass is 588 g/mol. The summed E-state index contributed by atoms with van der Waals surface area (Å²) in [6.45, 7) is 1.65. The van der Waals surface area contributed by atoms with Gasteiger partial charge in [0.25, 0.3) is 0 Å². The van der Waals surface area contributed by atoms with Crippen molar-refractivity contribution in [2.24, 2.45) is 10.9 Å². The first-order valence-electron chi connectivity index (χ1n) is 13.5. The number of nitrogens with one attached hydrogen (secondary N) is 2. The minimum absolute atomic E-state index is 0.0370. The Hall–Kier alpha value is -4.64. The van der Waals surface area contributed by atoms with Crippen molar-refractivity contribution >= 4 is 41.7 Å². The molecule has 2 unspecified atom stereocenters. The Morgan fingerprint density at radius 3 is 1.81 bits per heavy atom. The summed E-state index contributed by atoms with van der Waals surface area (Å²) in [5.41, 5.74) is 1.60. The molecule has 1 aliphatic heterocycles. The van der Waals surface area contributed by atoms with Crippen LogP contribution in [0.1, 0.15) is 30.9 Å². The molecule has 1 fully saturated rings. The topological polar surface area (TPSA) is 126 Å². The van der Waals surface area contributed by atoms with Crippen LogP contribution in [0.15, 0.2) is 101 Å². The molecule has 218 valence electrons. The van der Waals surface area contributed by atoms with Gasteiger partial charge in [0, 0.05) is 18.4 Å². The van der Waals surface area contributed by atoms with Gasteiger partial charge in [-0.1, -0.05) is 90.6 Å². The number of aliphatic imine (C=N–C) groups is 1. The first kappa shape index (κ1) is 30.3. The quantitative estimate of drug-likeness (QED) is 0.146. The van der Waals surface area contributed by atoms with E-state index in [1.54, 1.807) is 0 Å². The molecule has 2 atom stereocenters. The van der Waals surface area contributed by atoms with Crippen LogP contribution in [-0.4, -0.2) is 46.8 Å². The number of hydrogen-bond acceptors (Lipinski definition) is 8. The number of benzene rings is 3. The van der Waals surface area contributed by atoms with E-state index in [1.165, 1.54) is 23.6 Å². The predicted octanol–water partition coefficient (Wildman–Crippen LogP) is 5.10. The molecular weight excluding hydrogens is 556 g/mol. The van der Waals surface area contributed by atoms with E-state index in [4.69, 9.17) is 9.47 Å². The smallest absolute Gasteiger partial charge is 0.414 e. The molecule has 1 aliphatic rings. The summed E-state index contributed by atoms with van der Waals surface area (Å²) in [5.74, 6) is -0.997. The lowest BCUT2D eigenvalue weighted by Crippen LogP contribution is -2.60. The van der Waals surface area contributed by atoms with Crippen molar-refractivity contribution < 1.29 is 28.7 Å². The average molecular weight is 589 g/mol. The van der Waals surface area contributed by atoms with Crippen LogP contribution in [0, 0.1) is 5.92 Å². The molecule has 1 heterocycles. The maximum atomic E-state index is 12.7. The van der Waals surface area contributed by atoms with Gasteiger partial charge in [0.05, 0.1) is 5.92 Å². The van der Waals surface area contributed by atoms with Crippen molar-refractivity contribution in [3.63, 3.8) is 0 Å². The van der Waals surface area contributed by atoms with Gasteiger partial charge < -0.3 is 9.47 Å². The van der Waals surface area contributed by atoms with Crippen LogP contribution in [0.5, 0.6) is 0 Å². The average Bonchev–Trinajstić information content (AvgIpc) is 3.00. The number of alkyl carbamates (subject to hydrolysis) is 2. The van der Waals surface area contributed by atoms with Crippen molar-refractivity contribution in [2.75, 3.05) is 6.54 Å². The fraction of sp³-hybridized carbons (Fsp3) is 0.258. The van der Waals surface area contributed by atoms with Gasteiger partial charge in [-0.2, -0.15) is 0 Å². The van der Waals surface area contributed by atoms with Gasteiger partial charge in [0.15, 0.2) is 0 Å². The number of rotatable bonds is 10. The number of likely N-dealkylation sites (tertiary alicyclic amines) is 1. The molecule has 0 spiro atoms. The van der Waals surface area contributed by atoms with Crippen LogP contribution in [0.2, 0.25) is 0 Å². The van der Waals surface area contributed by atoms with Crippen molar-refractivity contribution in [1.29, 1.82) is 0 Å². The summed E-state index contributed by atoms with van der Waals surface area (Å²) in [6.07, 6.45) is -0.655. The molecule has 3 aromatic carbocycles. The molecule has 0 radical (unpaired) electrons. The second kappa shape index (κ2) is 15.4. The molecule has 42 heavy (non-hydrogen) atoms. The number of hydrogen-bond donors (Lipinski definition) is 2. The number of nitrogens with zero attached hydrogens (tertiary/aromatic N) is 2. The van der Waals surface area contributed by atoms with E-state index in [9.17, 15) is 19.2 Å². The zero-order valence-electron chi connectivity index (χ0n) is 23.1. The van der Waals surface area contributed by atoms with Crippen LogP contribution in [-0.2, 0) is 32.3 Å². The summed E-state index contributed by atoms with van der Waals surface area (Å²) in [7, 11) is 0. The first-order valence-corrected chi connectivity index (χ1v) is 14.3. The molecule has 3 aromatic rings. The Labute approximate surface area is 248 Å². The minimum Gasteiger partial charge on any atom is -0.444 e. The largest absolute Gasteiger partial charge is 0.444 e. The number of imide groups is 1. The fourth-order valence-corrected chi connectivity index (χ4v) is 5.59. The van der Waals surface area contributed by atoms with Crippen molar-refractivity contribution in [2.45, 2.75) is 43.2 Å². The Kier molecular flexibility index (Phi) is 11.1.